The van der Waals surface area contributed by atoms with Gasteiger partial charge in [-0.1, -0.05) is 33.1 Å². The second kappa shape index (κ2) is 4.10. The van der Waals surface area contributed by atoms with Gasteiger partial charge >= 0.3 is 0 Å². The van der Waals surface area contributed by atoms with Gasteiger partial charge in [-0.3, -0.25) is 0 Å². The van der Waals surface area contributed by atoms with Gasteiger partial charge in [-0.15, -0.1) is 0 Å². The average Bonchev–Trinajstić information content (AvgIpc) is 2.53. The Hall–Kier alpha value is -0.0400. The molecular formula is C10H20O. The van der Waals surface area contributed by atoms with Gasteiger partial charge in [-0.25, -0.2) is 0 Å². The highest BCUT2D eigenvalue weighted by atomic mass is 16.3. The van der Waals surface area contributed by atoms with E-state index < -0.39 is 0 Å². The van der Waals surface area contributed by atoms with Crippen LogP contribution in [0.25, 0.3) is 0 Å². The van der Waals surface area contributed by atoms with E-state index in [1.165, 1.54) is 25.7 Å². The van der Waals surface area contributed by atoms with Crippen molar-refractivity contribution in [3.05, 3.63) is 0 Å². The van der Waals surface area contributed by atoms with E-state index in [0.717, 1.165) is 6.42 Å². The van der Waals surface area contributed by atoms with Gasteiger partial charge in [0, 0.05) is 0 Å². The Morgan fingerprint density at radius 3 is 2.36 bits per heavy atom. The molecule has 1 N–H and O–H groups in total. The van der Waals surface area contributed by atoms with Crippen LogP contribution < -0.4 is 0 Å². The first-order valence-electron chi connectivity index (χ1n) is 4.93. The van der Waals surface area contributed by atoms with Gasteiger partial charge in [0.15, 0.2) is 0 Å². The van der Waals surface area contributed by atoms with Crippen LogP contribution in [0.2, 0.25) is 0 Å². The molecule has 2 atom stereocenters. The number of hydrogen-bond acceptors (Lipinski definition) is 1. The quantitative estimate of drug-likeness (QED) is 0.666. The maximum Gasteiger partial charge on any atom is 0.0593 e. The lowest BCUT2D eigenvalue weighted by Crippen LogP contribution is -2.25. The van der Waals surface area contributed by atoms with Crippen LogP contribution in [0.4, 0.5) is 0 Å². The zero-order valence-corrected chi connectivity index (χ0v) is 7.71. The first-order valence-corrected chi connectivity index (χ1v) is 4.93. The Kier molecular flexibility index (Phi) is 3.38. The fourth-order valence-corrected chi connectivity index (χ4v) is 2.01. The summed E-state index contributed by atoms with van der Waals surface area (Å²) in [5.74, 6) is 1.11. The second-order valence-corrected chi connectivity index (χ2v) is 3.92. The summed E-state index contributed by atoms with van der Waals surface area (Å²) in [5.41, 5.74) is 0. The average molecular weight is 156 g/mol. The van der Waals surface area contributed by atoms with Gasteiger partial charge in [0.2, 0.25) is 0 Å². The van der Waals surface area contributed by atoms with Crippen LogP contribution >= 0.6 is 0 Å². The van der Waals surface area contributed by atoms with Crippen molar-refractivity contribution in [2.75, 3.05) is 0 Å². The van der Waals surface area contributed by atoms with Crippen LogP contribution in [-0.2, 0) is 0 Å². The molecule has 0 saturated heterocycles. The third-order valence-electron chi connectivity index (χ3n) is 3.11. The van der Waals surface area contributed by atoms with Crippen LogP contribution in [0.1, 0.15) is 46.0 Å². The molecule has 0 heterocycles. The van der Waals surface area contributed by atoms with E-state index in [1.807, 2.05) is 0 Å². The fourth-order valence-electron chi connectivity index (χ4n) is 2.01. The molecule has 66 valence electrons. The maximum absolute atomic E-state index is 9.82. The molecule has 2 unspecified atom stereocenters. The summed E-state index contributed by atoms with van der Waals surface area (Å²) in [6, 6.07) is 0. The summed E-state index contributed by atoms with van der Waals surface area (Å²) in [6.45, 7) is 4.31. The predicted molar refractivity (Wildman–Crippen MR) is 47.4 cm³/mol. The number of hydrogen-bond donors (Lipinski definition) is 1. The predicted octanol–water partition coefficient (Wildman–Crippen LogP) is 2.58. The molecule has 1 fully saturated rings. The summed E-state index contributed by atoms with van der Waals surface area (Å²) in [4.78, 5) is 0. The Balaban J connectivity index is 2.32. The molecule has 1 aliphatic carbocycles. The molecule has 0 bridgehead atoms. The molecule has 0 aromatic heterocycles. The molecule has 0 aliphatic heterocycles. The Morgan fingerprint density at radius 1 is 1.36 bits per heavy atom. The van der Waals surface area contributed by atoms with Crippen molar-refractivity contribution >= 4 is 0 Å². The van der Waals surface area contributed by atoms with Crippen LogP contribution in [0.3, 0.4) is 0 Å². The van der Waals surface area contributed by atoms with Gasteiger partial charge in [-0.05, 0) is 24.7 Å². The van der Waals surface area contributed by atoms with E-state index in [1.54, 1.807) is 0 Å². The lowest BCUT2D eigenvalue weighted by atomic mass is 9.89. The molecule has 1 aliphatic rings. The molecule has 0 aromatic rings. The van der Waals surface area contributed by atoms with E-state index in [4.69, 9.17) is 0 Å². The molecular weight excluding hydrogens is 136 g/mol. The number of aliphatic hydroxyl groups excluding tert-OH is 1. The Morgan fingerprint density at radius 2 is 1.91 bits per heavy atom. The SMILES string of the molecule is CCC(C)C(O)C1CCCC1. The van der Waals surface area contributed by atoms with Gasteiger partial charge in [0.25, 0.3) is 0 Å². The molecule has 0 aromatic carbocycles. The lowest BCUT2D eigenvalue weighted by Gasteiger charge is -2.22. The normalized spacial score (nSPS) is 25.4. The largest absolute Gasteiger partial charge is 0.393 e. The standard InChI is InChI=1S/C10H20O/c1-3-8(2)10(11)9-6-4-5-7-9/h8-11H,3-7H2,1-2H3. The highest BCUT2D eigenvalue weighted by molar-refractivity contribution is 4.77. The van der Waals surface area contributed by atoms with E-state index in [2.05, 4.69) is 13.8 Å². The minimum atomic E-state index is -0.0255. The zero-order valence-electron chi connectivity index (χ0n) is 7.71. The molecule has 0 radical (unpaired) electrons. The summed E-state index contributed by atoms with van der Waals surface area (Å²) < 4.78 is 0. The lowest BCUT2D eigenvalue weighted by molar-refractivity contribution is 0.0584. The molecule has 1 nitrogen and oxygen atoms in total. The zero-order chi connectivity index (χ0) is 8.27. The molecule has 1 saturated carbocycles. The first kappa shape index (κ1) is 9.05. The van der Waals surface area contributed by atoms with Crippen molar-refractivity contribution in [3.63, 3.8) is 0 Å². The summed E-state index contributed by atoms with van der Waals surface area (Å²) in [6.07, 6.45) is 6.26. The van der Waals surface area contributed by atoms with Crippen molar-refractivity contribution in [1.82, 2.24) is 0 Å². The molecule has 11 heavy (non-hydrogen) atoms. The minimum Gasteiger partial charge on any atom is -0.393 e. The third kappa shape index (κ3) is 2.19. The fraction of sp³-hybridized carbons (Fsp3) is 1.00. The van der Waals surface area contributed by atoms with E-state index in [-0.39, 0.29) is 6.10 Å². The number of aliphatic hydroxyl groups is 1. The van der Waals surface area contributed by atoms with Crippen molar-refractivity contribution in [3.8, 4) is 0 Å². The minimum absolute atomic E-state index is 0.0255. The molecule has 0 spiro atoms. The van der Waals surface area contributed by atoms with Gasteiger partial charge < -0.3 is 5.11 Å². The monoisotopic (exact) mass is 156 g/mol. The summed E-state index contributed by atoms with van der Waals surface area (Å²) in [7, 11) is 0. The Bertz CT molecular complexity index is 105. The van der Waals surface area contributed by atoms with Crippen molar-refractivity contribution in [2.24, 2.45) is 11.8 Å². The first-order chi connectivity index (χ1) is 5.25. The topological polar surface area (TPSA) is 20.2 Å². The van der Waals surface area contributed by atoms with Gasteiger partial charge in [0.05, 0.1) is 6.10 Å². The smallest absolute Gasteiger partial charge is 0.0593 e. The van der Waals surface area contributed by atoms with Crippen molar-refractivity contribution < 1.29 is 5.11 Å². The highest BCUT2D eigenvalue weighted by Gasteiger charge is 2.26. The van der Waals surface area contributed by atoms with Crippen LogP contribution in [0, 0.1) is 11.8 Å². The molecule has 0 amide bonds. The summed E-state index contributed by atoms with van der Waals surface area (Å²) in [5, 5.41) is 9.82. The Labute approximate surface area is 69.8 Å². The van der Waals surface area contributed by atoms with Gasteiger partial charge in [-0.2, -0.15) is 0 Å². The van der Waals surface area contributed by atoms with Crippen LogP contribution in [-0.4, -0.2) is 11.2 Å². The molecule has 1 heteroatoms. The second-order valence-electron chi connectivity index (χ2n) is 3.92. The van der Waals surface area contributed by atoms with Crippen molar-refractivity contribution in [2.45, 2.75) is 52.1 Å². The van der Waals surface area contributed by atoms with Gasteiger partial charge in [0.1, 0.15) is 0 Å². The highest BCUT2D eigenvalue weighted by Crippen LogP contribution is 2.31. The maximum atomic E-state index is 9.82. The van der Waals surface area contributed by atoms with Crippen molar-refractivity contribution in [1.29, 1.82) is 0 Å². The van der Waals surface area contributed by atoms with Crippen LogP contribution in [0.15, 0.2) is 0 Å². The summed E-state index contributed by atoms with van der Waals surface area (Å²) >= 11 is 0. The van der Waals surface area contributed by atoms with E-state index in [9.17, 15) is 5.11 Å². The van der Waals surface area contributed by atoms with E-state index >= 15 is 0 Å². The van der Waals surface area contributed by atoms with E-state index in [0.29, 0.717) is 11.8 Å². The third-order valence-corrected chi connectivity index (χ3v) is 3.11. The molecule has 1 rings (SSSR count). The number of rotatable bonds is 3. The van der Waals surface area contributed by atoms with Crippen LogP contribution in [0.5, 0.6) is 0 Å².